The molecule has 0 radical (unpaired) electrons. The lowest BCUT2D eigenvalue weighted by Gasteiger charge is -2.37. The Balaban J connectivity index is 1.16. The summed E-state index contributed by atoms with van der Waals surface area (Å²) in [6.45, 7) is 0.0592. The molecule has 5 aromatic carbocycles. The molecule has 0 bridgehead atoms. The molecule has 3 atom stereocenters. The van der Waals surface area contributed by atoms with Gasteiger partial charge in [0.15, 0.2) is 6.04 Å². The summed E-state index contributed by atoms with van der Waals surface area (Å²) < 4.78 is 11.4. The lowest BCUT2D eigenvalue weighted by atomic mass is 10.0. The molecule has 1 fully saturated rings. The molecule has 8 nitrogen and oxygen atoms in total. The molecular formula is C34H29N3O5. The van der Waals surface area contributed by atoms with Gasteiger partial charge < -0.3 is 25.4 Å². The Morgan fingerprint density at radius 3 is 2.10 bits per heavy atom. The van der Waals surface area contributed by atoms with Crippen molar-refractivity contribution in [3.8, 4) is 5.75 Å². The summed E-state index contributed by atoms with van der Waals surface area (Å²) in [6, 6.07) is 34.6. The summed E-state index contributed by atoms with van der Waals surface area (Å²) in [5.74, 6) is -0.328. The fraction of sp³-hybridized carbons (Fsp3) is 0.147. The van der Waals surface area contributed by atoms with Crippen LogP contribution in [0.5, 0.6) is 5.75 Å². The Bertz CT molecular complexity index is 1760. The summed E-state index contributed by atoms with van der Waals surface area (Å²) in [7, 11) is 0. The summed E-state index contributed by atoms with van der Waals surface area (Å²) in [4.78, 5) is 38.8. The maximum Gasteiger partial charge on any atom is 0.408 e. The first-order valence-electron chi connectivity index (χ1n) is 13.7. The standard InChI is InChI=1S/C34H29N3O5/c38-31(36-30-32(39)37-33(30)42-28-17-16-25-11-5-7-13-27(25)20-28)29(35-34(40)41-21-22-8-2-1-3-9-22)19-23-14-15-24-10-4-6-12-26(24)18-23/h1-18,20,29-30,33H,19,21H2,(H,35,40)(H,36,38)(H,37,39)/t29-,30+,33+/m0/s1. The largest absolute Gasteiger partial charge is 0.468 e. The number of carbonyl (C=O) groups excluding carboxylic acids is 3. The van der Waals surface area contributed by atoms with Gasteiger partial charge in [0, 0.05) is 6.42 Å². The molecule has 0 spiro atoms. The zero-order valence-electron chi connectivity index (χ0n) is 22.7. The quantitative estimate of drug-likeness (QED) is 0.224. The van der Waals surface area contributed by atoms with Gasteiger partial charge in [-0.25, -0.2) is 4.79 Å². The van der Waals surface area contributed by atoms with Crippen molar-refractivity contribution in [1.82, 2.24) is 16.0 Å². The number of benzene rings is 5. The Kier molecular flexibility index (Phi) is 7.68. The van der Waals surface area contributed by atoms with Gasteiger partial charge in [0.25, 0.3) is 5.91 Å². The van der Waals surface area contributed by atoms with E-state index in [-0.39, 0.29) is 18.9 Å². The highest BCUT2D eigenvalue weighted by atomic mass is 16.5. The van der Waals surface area contributed by atoms with Crippen LogP contribution in [0.4, 0.5) is 4.79 Å². The number of ether oxygens (including phenoxy) is 2. The average Bonchev–Trinajstić information content (AvgIpc) is 3.02. The molecule has 0 aromatic heterocycles. The average molecular weight is 560 g/mol. The Hall–Kier alpha value is -5.37. The zero-order valence-corrected chi connectivity index (χ0v) is 22.7. The molecule has 0 aliphatic carbocycles. The van der Waals surface area contributed by atoms with E-state index in [4.69, 9.17) is 9.47 Å². The topological polar surface area (TPSA) is 106 Å². The Labute approximate surface area is 242 Å². The van der Waals surface area contributed by atoms with Gasteiger partial charge in [-0.05, 0) is 44.8 Å². The van der Waals surface area contributed by atoms with E-state index in [0.717, 1.165) is 32.7 Å². The fourth-order valence-corrected chi connectivity index (χ4v) is 4.95. The highest BCUT2D eigenvalue weighted by Crippen LogP contribution is 2.23. The first kappa shape index (κ1) is 26.8. The normalized spacial score (nSPS) is 16.6. The summed E-state index contributed by atoms with van der Waals surface area (Å²) >= 11 is 0. The van der Waals surface area contributed by atoms with E-state index in [1.165, 1.54) is 0 Å². The number of β-lactam (4-membered cyclic amide) rings is 1. The maximum atomic E-state index is 13.5. The smallest absolute Gasteiger partial charge is 0.408 e. The van der Waals surface area contributed by atoms with Crippen molar-refractivity contribution >= 4 is 39.5 Å². The number of fused-ring (bicyclic) bond motifs is 2. The van der Waals surface area contributed by atoms with Gasteiger partial charge in [0.1, 0.15) is 18.4 Å². The lowest BCUT2D eigenvalue weighted by molar-refractivity contribution is -0.143. The minimum Gasteiger partial charge on any atom is -0.468 e. The van der Waals surface area contributed by atoms with E-state index in [1.54, 1.807) is 0 Å². The van der Waals surface area contributed by atoms with Crippen molar-refractivity contribution < 1.29 is 23.9 Å². The SMILES string of the molecule is O=C(N[C@@H](Cc1ccc2ccccc2c1)C(=O)N[C@@H]1C(=O)N[C@@H]1Oc1ccc2ccccc2c1)OCc1ccccc1. The van der Waals surface area contributed by atoms with Crippen LogP contribution < -0.4 is 20.7 Å². The lowest BCUT2D eigenvalue weighted by Crippen LogP contribution is -2.72. The minimum absolute atomic E-state index is 0.0592. The molecule has 1 saturated heterocycles. The molecule has 1 aliphatic heterocycles. The van der Waals surface area contributed by atoms with E-state index in [2.05, 4.69) is 16.0 Å². The van der Waals surface area contributed by atoms with Gasteiger partial charge in [-0.1, -0.05) is 103 Å². The Morgan fingerprint density at radius 1 is 0.738 bits per heavy atom. The third kappa shape index (κ3) is 6.18. The van der Waals surface area contributed by atoms with Crippen molar-refractivity contribution in [2.75, 3.05) is 0 Å². The van der Waals surface area contributed by atoms with Gasteiger partial charge >= 0.3 is 6.09 Å². The molecule has 6 rings (SSSR count). The molecule has 42 heavy (non-hydrogen) atoms. The molecule has 1 heterocycles. The minimum atomic E-state index is -0.996. The molecule has 0 unspecified atom stereocenters. The predicted molar refractivity (Wildman–Crippen MR) is 160 cm³/mol. The number of nitrogens with one attached hydrogen (secondary N) is 3. The fourth-order valence-electron chi connectivity index (χ4n) is 4.95. The molecule has 210 valence electrons. The van der Waals surface area contributed by atoms with E-state index in [9.17, 15) is 14.4 Å². The van der Waals surface area contributed by atoms with Crippen molar-refractivity contribution in [3.63, 3.8) is 0 Å². The van der Waals surface area contributed by atoms with Crippen LogP contribution >= 0.6 is 0 Å². The summed E-state index contributed by atoms with van der Waals surface area (Å²) in [5, 5.41) is 12.3. The number of alkyl carbamates (subject to hydrolysis) is 1. The third-order valence-corrected chi connectivity index (χ3v) is 7.23. The Morgan fingerprint density at radius 2 is 1.38 bits per heavy atom. The van der Waals surface area contributed by atoms with Gasteiger partial charge in [-0.15, -0.1) is 0 Å². The van der Waals surface area contributed by atoms with Crippen LogP contribution in [0.2, 0.25) is 0 Å². The van der Waals surface area contributed by atoms with Crippen LogP contribution in [0, 0.1) is 0 Å². The number of amides is 3. The molecular weight excluding hydrogens is 530 g/mol. The second kappa shape index (κ2) is 12.0. The highest BCUT2D eigenvalue weighted by molar-refractivity contribution is 5.95. The van der Waals surface area contributed by atoms with Crippen molar-refractivity contribution in [2.24, 2.45) is 0 Å². The summed E-state index contributed by atoms with van der Waals surface area (Å²) in [6.07, 6.45) is -1.29. The highest BCUT2D eigenvalue weighted by Gasteiger charge is 2.43. The predicted octanol–water partition coefficient (Wildman–Crippen LogP) is 4.85. The molecule has 1 aliphatic rings. The van der Waals surface area contributed by atoms with E-state index < -0.39 is 30.3 Å². The van der Waals surface area contributed by atoms with Crippen LogP contribution in [0.25, 0.3) is 21.5 Å². The van der Waals surface area contributed by atoms with Crippen LogP contribution in [-0.2, 0) is 27.4 Å². The van der Waals surface area contributed by atoms with Crippen molar-refractivity contribution in [2.45, 2.75) is 31.3 Å². The second-order valence-electron chi connectivity index (χ2n) is 10.2. The molecule has 5 aromatic rings. The van der Waals surface area contributed by atoms with Crippen LogP contribution in [0.1, 0.15) is 11.1 Å². The van der Waals surface area contributed by atoms with E-state index in [0.29, 0.717) is 5.75 Å². The van der Waals surface area contributed by atoms with Crippen molar-refractivity contribution in [1.29, 1.82) is 0 Å². The van der Waals surface area contributed by atoms with E-state index in [1.807, 2.05) is 115 Å². The summed E-state index contributed by atoms with van der Waals surface area (Å²) in [5.41, 5.74) is 1.67. The van der Waals surface area contributed by atoms with Gasteiger partial charge in [-0.3, -0.25) is 9.59 Å². The number of carbonyl (C=O) groups is 3. The van der Waals surface area contributed by atoms with Crippen molar-refractivity contribution in [3.05, 3.63) is 126 Å². The van der Waals surface area contributed by atoms with Gasteiger partial charge in [-0.2, -0.15) is 0 Å². The zero-order chi connectivity index (χ0) is 28.9. The number of hydrogen-bond acceptors (Lipinski definition) is 5. The first-order chi connectivity index (χ1) is 20.5. The van der Waals surface area contributed by atoms with E-state index >= 15 is 0 Å². The van der Waals surface area contributed by atoms with Gasteiger partial charge in [0.05, 0.1) is 0 Å². The van der Waals surface area contributed by atoms with Crippen LogP contribution in [0.3, 0.4) is 0 Å². The second-order valence-corrected chi connectivity index (χ2v) is 10.2. The molecule has 3 amide bonds. The monoisotopic (exact) mass is 559 g/mol. The first-order valence-corrected chi connectivity index (χ1v) is 13.7. The number of rotatable bonds is 9. The molecule has 3 N–H and O–H groups in total. The van der Waals surface area contributed by atoms with Gasteiger partial charge in [0.2, 0.25) is 12.1 Å². The van der Waals surface area contributed by atoms with Crippen LogP contribution in [0.15, 0.2) is 115 Å². The van der Waals surface area contributed by atoms with Crippen LogP contribution in [-0.4, -0.2) is 36.2 Å². The number of hydrogen-bond donors (Lipinski definition) is 3. The third-order valence-electron chi connectivity index (χ3n) is 7.23. The molecule has 0 saturated carbocycles. The maximum absolute atomic E-state index is 13.5. The molecule has 8 heteroatoms.